The van der Waals surface area contributed by atoms with E-state index in [1.165, 1.54) is 11.6 Å². The zero-order valence-corrected chi connectivity index (χ0v) is 11.9. The highest BCUT2D eigenvalue weighted by Crippen LogP contribution is 2.27. The minimum atomic E-state index is -3.63. The van der Waals surface area contributed by atoms with Gasteiger partial charge in [0.15, 0.2) is 0 Å². The van der Waals surface area contributed by atoms with Gasteiger partial charge in [-0.3, -0.25) is 4.72 Å². The van der Waals surface area contributed by atoms with E-state index in [1.807, 2.05) is 13.0 Å². The summed E-state index contributed by atoms with van der Waals surface area (Å²) in [5.74, 6) is 0. The molecule has 17 heavy (non-hydrogen) atoms. The second-order valence-electron chi connectivity index (χ2n) is 3.24. The number of nitrogens with one attached hydrogen (secondary N) is 1. The molecule has 0 fully saturated rings. The number of benzene rings is 1. The van der Waals surface area contributed by atoms with Gasteiger partial charge in [-0.15, -0.1) is 10.2 Å². The fourth-order valence-corrected chi connectivity index (χ4v) is 3.96. The van der Waals surface area contributed by atoms with Crippen LogP contribution in [0.5, 0.6) is 0 Å². The first-order chi connectivity index (χ1) is 8.00. The summed E-state index contributed by atoms with van der Waals surface area (Å²) in [5.41, 5.74) is 2.31. The molecule has 0 atom stereocenters. The topological polar surface area (TPSA) is 72.0 Å². The van der Waals surface area contributed by atoms with Gasteiger partial charge in [0.05, 0.1) is 0 Å². The lowest BCUT2D eigenvalue weighted by Crippen LogP contribution is -2.13. The third-order valence-electron chi connectivity index (χ3n) is 2.03. The number of hydrogen-bond donors (Lipinski definition) is 1. The minimum absolute atomic E-state index is 0.188. The average molecular weight is 334 g/mol. The van der Waals surface area contributed by atoms with Crippen molar-refractivity contribution < 1.29 is 8.42 Å². The number of rotatable bonds is 3. The molecule has 1 N–H and O–H groups in total. The van der Waals surface area contributed by atoms with E-state index < -0.39 is 10.0 Å². The lowest BCUT2D eigenvalue weighted by molar-refractivity contribution is 0.600. The normalized spacial score (nSPS) is 11.4. The number of anilines is 1. The van der Waals surface area contributed by atoms with E-state index in [9.17, 15) is 8.42 Å². The Kier molecular flexibility index (Phi) is 3.45. The Labute approximate surface area is 111 Å². The van der Waals surface area contributed by atoms with Crippen LogP contribution in [0.25, 0.3) is 0 Å². The zero-order chi connectivity index (χ0) is 12.5. The summed E-state index contributed by atoms with van der Waals surface area (Å²) in [6.07, 6.45) is 0. The Morgan fingerprint density at radius 3 is 2.82 bits per heavy atom. The van der Waals surface area contributed by atoms with Crippen LogP contribution in [-0.4, -0.2) is 18.6 Å². The van der Waals surface area contributed by atoms with Crippen LogP contribution in [0.4, 0.5) is 5.13 Å². The first-order valence-electron chi connectivity index (χ1n) is 4.55. The van der Waals surface area contributed by atoms with Gasteiger partial charge in [0.2, 0.25) is 5.13 Å². The molecule has 0 spiro atoms. The predicted molar refractivity (Wildman–Crippen MR) is 69.6 cm³/mol. The number of hydrogen-bond acceptors (Lipinski definition) is 5. The SMILES string of the molecule is Cc1cccc(S(=O)(=O)Nc2nncs2)c1Br. The van der Waals surface area contributed by atoms with Gasteiger partial charge >= 0.3 is 0 Å². The lowest BCUT2D eigenvalue weighted by atomic mass is 10.2. The lowest BCUT2D eigenvalue weighted by Gasteiger charge is -2.08. The molecule has 0 aliphatic heterocycles. The fourth-order valence-electron chi connectivity index (χ4n) is 1.22. The Morgan fingerprint density at radius 1 is 1.41 bits per heavy atom. The van der Waals surface area contributed by atoms with Gasteiger partial charge in [0.25, 0.3) is 10.0 Å². The predicted octanol–water partition coefficient (Wildman–Crippen LogP) is 2.41. The Hall–Kier alpha value is -0.990. The van der Waals surface area contributed by atoms with Crippen LogP contribution in [-0.2, 0) is 10.0 Å². The van der Waals surface area contributed by atoms with Crippen molar-refractivity contribution in [1.82, 2.24) is 10.2 Å². The van der Waals surface area contributed by atoms with Gasteiger partial charge in [-0.1, -0.05) is 23.5 Å². The molecule has 0 radical (unpaired) electrons. The molecular formula is C9H8BrN3O2S2. The molecule has 0 saturated heterocycles. The number of aromatic nitrogens is 2. The van der Waals surface area contributed by atoms with Gasteiger partial charge in [0.1, 0.15) is 10.4 Å². The maximum atomic E-state index is 12.1. The largest absolute Gasteiger partial charge is 0.264 e. The van der Waals surface area contributed by atoms with Crippen LogP contribution in [0.3, 0.4) is 0 Å². The summed E-state index contributed by atoms with van der Waals surface area (Å²) >= 11 is 4.40. The maximum Gasteiger partial charge on any atom is 0.264 e. The molecule has 0 saturated carbocycles. The van der Waals surface area contributed by atoms with Crippen molar-refractivity contribution in [2.45, 2.75) is 11.8 Å². The highest BCUT2D eigenvalue weighted by molar-refractivity contribution is 9.10. The van der Waals surface area contributed by atoms with Gasteiger partial charge < -0.3 is 0 Å². The Bertz CT molecular complexity index is 626. The Morgan fingerprint density at radius 2 is 2.18 bits per heavy atom. The molecule has 2 rings (SSSR count). The number of halogens is 1. The second kappa shape index (κ2) is 4.71. The van der Waals surface area contributed by atoms with Crippen molar-refractivity contribution in [2.75, 3.05) is 4.72 Å². The highest BCUT2D eigenvalue weighted by Gasteiger charge is 2.19. The molecule has 90 valence electrons. The highest BCUT2D eigenvalue weighted by atomic mass is 79.9. The molecule has 0 bridgehead atoms. The number of sulfonamides is 1. The first-order valence-corrected chi connectivity index (χ1v) is 7.70. The van der Waals surface area contributed by atoms with Crippen LogP contribution in [0.1, 0.15) is 5.56 Å². The molecule has 5 nitrogen and oxygen atoms in total. The van der Waals surface area contributed by atoms with Gasteiger partial charge in [-0.25, -0.2) is 8.42 Å². The van der Waals surface area contributed by atoms with Crippen LogP contribution in [0, 0.1) is 6.92 Å². The van der Waals surface area contributed by atoms with E-state index in [-0.39, 0.29) is 10.0 Å². The van der Waals surface area contributed by atoms with E-state index in [4.69, 9.17) is 0 Å². The monoisotopic (exact) mass is 333 g/mol. The molecule has 1 aromatic carbocycles. The summed E-state index contributed by atoms with van der Waals surface area (Å²) in [4.78, 5) is 0.188. The number of aryl methyl sites for hydroxylation is 1. The van der Waals surface area contributed by atoms with E-state index >= 15 is 0 Å². The molecule has 1 heterocycles. The molecule has 0 unspecified atom stereocenters. The third-order valence-corrected chi connectivity index (χ3v) is 5.46. The number of nitrogens with zero attached hydrogens (tertiary/aromatic N) is 2. The van der Waals surface area contributed by atoms with Crippen LogP contribution >= 0.6 is 27.3 Å². The van der Waals surface area contributed by atoms with E-state index in [0.29, 0.717) is 4.47 Å². The summed E-state index contributed by atoms with van der Waals surface area (Å²) in [5, 5.41) is 7.46. The van der Waals surface area contributed by atoms with E-state index in [0.717, 1.165) is 16.9 Å². The van der Waals surface area contributed by atoms with Gasteiger partial charge in [-0.2, -0.15) is 0 Å². The zero-order valence-electron chi connectivity index (χ0n) is 8.71. The smallest absolute Gasteiger partial charge is 0.253 e. The van der Waals surface area contributed by atoms with Crippen molar-refractivity contribution in [3.05, 3.63) is 33.7 Å². The molecule has 0 amide bonds. The fraction of sp³-hybridized carbons (Fsp3) is 0.111. The van der Waals surface area contributed by atoms with Gasteiger partial charge in [0, 0.05) is 4.47 Å². The van der Waals surface area contributed by atoms with E-state index in [2.05, 4.69) is 30.8 Å². The maximum absolute atomic E-state index is 12.1. The molecule has 8 heteroatoms. The quantitative estimate of drug-likeness (QED) is 0.936. The van der Waals surface area contributed by atoms with E-state index in [1.54, 1.807) is 6.07 Å². The first kappa shape index (κ1) is 12.5. The molecule has 0 aliphatic carbocycles. The Balaban J connectivity index is 2.42. The molecule has 0 aliphatic rings. The summed E-state index contributed by atoms with van der Waals surface area (Å²) in [6.45, 7) is 1.83. The van der Waals surface area contributed by atoms with Crippen molar-refractivity contribution >= 4 is 42.4 Å². The van der Waals surface area contributed by atoms with Crippen LogP contribution in [0.15, 0.2) is 33.1 Å². The van der Waals surface area contributed by atoms with Crippen LogP contribution < -0.4 is 4.72 Å². The van der Waals surface area contributed by atoms with Gasteiger partial charge in [-0.05, 0) is 34.5 Å². The second-order valence-corrected chi connectivity index (χ2v) is 6.51. The van der Waals surface area contributed by atoms with Crippen molar-refractivity contribution in [3.63, 3.8) is 0 Å². The average Bonchev–Trinajstić information content (AvgIpc) is 2.73. The third kappa shape index (κ3) is 2.64. The summed E-state index contributed by atoms with van der Waals surface area (Å²) in [7, 11) is -3.63. The standard InChI is InChI=1S/C9H8BrN3O2S2/c1-6-3-2-4-7(8(6)10)17(14,15)13-9-12-11-5-16-9/h2-5H,1H3,(H,12,13). The molecular weight excluding hydrogens is 326 g/mol. The van der Waals surface area contributed by atoms with Crippen molar-refractivity contribution in [2.24, 2.45) is 0 Å². The minimum Gasteiger partial charge on any atom is -0.253 e. The van der Waals surface area contributed by atoms with Crippen LogP contribution in [0.2, 0.25) is 0 Å². The molecule has 1 aromatic heterocycles. The summed E-state index contributed by atoms with van der Waals surface area (Å²) < 4.78 is 27.1. The summed E-state index contributed by atoms with van der Waals surface area (Å²) in [6, 6.07) is 5.04. The molecule has 2 aromatic rings. The van der Waals surface area contributed by atoms with Crippen molar-refractivity contribution in [3.8, 4) is 0 Å². The van der Waals surface area contributed by atoms with Crippen molar-refractivity contribution in [1.29, 1.82) is 0 Å².